The van der Waals surface area contributed by atoms with Gasteiger partial charge in [-0.1, -0.05) is 49.4 Å². The number of nitrogens with one attached hydrogen (secondary N) is 1. The molecule has 1 aliphatic rings. The van der Waals surface area contributed by atoms with Gasteiger partial charge in [-0.2, -0.15) is 0 Å². The average Bonchev–Trinajstić information content (AvgIpc) is 2.58. The molecule has 1 heterocycles. The van der Waals surface area contributed by atoms with Gasteiger partial charge < -0.3 is 5.32 Å². The minimum atomic E-state index is -0.0557. The SMILES string of the molecule is C[C@@H]1C(=O)Nc2ccccc2S[C@@H]1c1ccccc1. The van der Waals surface area contributed by atoms with E-state index in [1.165, 1.54) is 5.56 Å². The van der Waals surface area contributed by atoms with Gasteiger partial charge in [0.1, 0.15) is 0 Å². The van der Waals surface area contributed by atoms with Gasteiger partial charge in [0.2, 0.25) is 5.91 Å². The third kappa shape index (κ3) is 2.38. The summed E-state index contributed by atoms with van der Waals surface area (Å²) in [6, 6.07) is 18.2. The lowest BCUT2D eigenvalue weighted by molar-refractivity contribution is -0.119. The van der Waals surface area contributed by atoms with Gasteiger partial charge >= 0.3 is 0 Å². The molecule has 0 spiro atoms. The maximum Gasteiger partial charge on any atom is 0.228 e. The van der Waals surface area contributed by atoms with Crippen LogP contribution in [0.4, 0.5) is 5.69 Å². The van der Waals surface area contributed by atoms with Crippen LogP contribution in [0.2, 0.25) is 0 Å². The fraction of sp³-hybridized carbons (Fsp3) is 0.188. The van der Waals surface area contributed by atoms with E-state index in [0.717, 1.165) is 10.6 Å². The molecule has 96 valence electrons. The van der Waals surface area contributed by atoms with Gasteiger partial charge in [0.05, 0.1) is 11.6 Å². The molecular weight excluding hydrogens is 254 g/mol. The lowest BCUT2D eigenvalue weighted by Crippen LogP contribution is -2.22. The topological polar surface area (TPSA) is 29.1 Å². The number of thioether (sulfide) groups is 1. The summed E-state index contributed by atoms with van der Waals surface area (Å²) < 4.78 is 0. The van der Waals surface area contributed by atoms with Crippen molar-refractivity contribution in [1.82, 2.24) is 0 Å². The molecule has 1 amide bonds. The Balaban J connectivity index is 2.03. The first-order chi connectivity index (χ1) is 9.25. The number of para-hydroxylation sites is 1. The number of hydrogen-bond donors (Lipinski definition) is 1. The van der Waals surface area contributed by atoms with Crippen molar-refractivity contribution in [2.24, 2.45) is 5.92 Å². The summed E-state index contributed by atoms with van der Waals surface area (Å²) in [5.74, 6) is 0.0334. The summed E-state index contributed by atoms with van der Waals surface area (Å²) in [5.41, 5.74) is 2.12. The Morgan fingerprint density at radius 2 is 1.68 bits per heavy atom. The zero-order valence-corrected chi connectivity index (χ0v) is 11.5. The number of hydrogen-bond acceptors (Lipinski definition) is 2. The van der Waals surface area contributed by atoms with Crippen molar-refractivity contribution < 1.29 is 4.79 Å². The molecule has 0 aliphatic carbocycles. The molecular formula is C16H15NOS. The van der Waals surface area contributed by atoms with Crippen LogP contribution in [0.15, 0.2) is 59.5 Å². The number of carbonyl (C=O) groups excluding carboxylic acids is 1. The molecule has 0 saturated heterocycles. The lowest BCUT2D eigenvalue weighted by atomic mass is 9.99. The van der Waals surface area contributed by atoms with Gasteiger partial charge in [-0.25, -0.2) is 0 Å². The first-order valence-electron chi connectivity index (χ1n) is 6.37. The molecule has 2 aromatic carbocycles. The Morgan fingerprint density at radius 3 is 2.47 bits per heavy atom. The molecule has 0 fully saturated rings. The van der Waals surface area contributed by atoms with Crippen LogP contribution in [0, 0.1) is 5.92 Å². The standard InChI is InChI=1S/C16H15NOS/c1-11-15(12-7-3-2-4-8-12)19-14-10-6-5-9-13(14)17-16(11)18/h2-11,15H,1H3,(H,17,18)/t11-,15-/m0/s1. The molecule has 0 aromatic heterocycles. The second-order valence-corrected chi connectivity index (χ2v) is 5.91. The number of amides is 1. The van der Waals surface area contributed by atoms with Crippen molar-refractivity contribution in [3.63, 3.8) is 0 Å². The second kappa shape index (κ2) is 5.10. The summed E-state index contributed by atoms with van der Waals surface area (Å²) in [7, 11) is 0. The molecule has 3 rings (SSSR count). The van der Waals surface area contributed by atoms with Crippen LogP contribution in [-0.2, 0) is 4.79 Å². The second-order valence-electron chi connectivity index (χ2n) is 4.72. The van der Waals surface area contributed by atoms with E-state index in [1.54, 1.807) is 11.8 Å². The molecule has 0 unspecified atom stereocenters. The Labute approximate surface area is 117 Å². The maximum atomic E-state index is 12.2. The largest absolute Gasteiger partial charge is 0.325 e. The highest BCUT2D eigenvalue weighted by atomic mass is 32.2. The summed E-state index contributed by atoms with van der Waals surface area (Å²) in [5, 5.41) is 3.17. The molecule has 1 aliphatic heterocycles. The van der Waals surface area contributed by atoms with Crippen molar-refractivity contribution in [2.45, 2.75) is 17.1 Å². The Hall–Kier alpha value is -1.74. The first kappa shape index (κ1) is 12.3. The zero-order valence-electron chi connectivity index (χ0n) is 10.7. The van der Waals surface area contributed by atoms with Gasteiger partial charge in [0.15, 0.2) is 0 Å². The highest BCUT2D eigenvalue weighted by Crippen LogP contribution is 2.45. The van der Waals surface area contributed by atoms with Crippen LogP contribution in [0.5, 0.6) is 0 Å². The highest BCUT2D eigenvalue weighted by Gasteiger charge is 2.30. The fourth-order valence-electron chi connectivity index (χ4n) is 2.30. The van der Waals surface area contributed by atoms with Gasteiger partial charge in [0.25, 0.3) is 0 Å². The maximum absolute atomic E-state index is 12.2. The minimum absolute atomic E-state index is 0.0557. The van der Waals surface area contributed by atoms with E-state index in [0.29, 0.717) is 0 Å². The smallest absolute Gasteiger partial charge is 0.228 e. The first-order valence-corrected chi connectivity index (χ1v) is 7.25. The summed E-state index contributed by atoms with van der Waals surface area (Å²) >= 11 is 1.76. The van der Waals surface area contributed by atoms with Crippen molar-refractivity contribution in [3.8, 4) is 0 Å². The van der Waals surface area contributed by atoms with E-state index in [1.807, 2.05) is 43.3 Å². The van der Waals surface area contributed by atoms with Crippen LogP contribution in [0.1, 0.15) is 17.7 Å². The van der Waals surface area contributed by atoms with Crippen LogP contribution >= 0.6 is 11.8 Å². The fourth-order valence-corrected chi connectivity index (χ4v) is 3.59. The molecule has 0 saturated carbocycles. The Kier molecular flexibility index (Phi) is 3.30. The third-order valence-corrected chi connectivity index (χ3v) is 4.94. The predicted molar refractivity (Wildman–Crippen MR) is 79.3 cm³/mol. The molecule has 2 aromatic rings. The van der Waals surface area contributed by atoms with E-state index in [-0.39, 0.29) is 17.1 Å². The quantitative estimate of drug-likeness (QED) is 0.844. The van der Waals surface area contributed by atoms with E-state index >= 15 is 0 Å². The van der Waals surface area contributed by atoms with Crippen LogP contribution in [0.25, 0.3) is 0 Å². The van der Waals surface area contributed by atoms with Gasteiger partial charge in [0, 0.05) is 10.1 Å². The van der Waals surface area contributed by atoms with Crippen molar-refractivity contribution >= 4 is 23.4 Å². The number of rotatable bonds is 1. The third-order valence-electron chi connectivity index (χ3n) is 3.39. The Morgan fingerprint density at radius 1 is 1.00 bits per heavy atom. The van der Waals surface area contributed by atoms with Crippen molar-refractivity contribution in [1.29, 1.82) is 0 Å². The minimum Gasteiger partial charge on any atom is -0.325 e. The average molecular weight is 269 g/mol. The van der Waals surface area contributed by atoms with Crippen LogP contribution in [0.3, 0.4) is 0 Å². The Bertz CT molecular complexity index is 597. The molecule has 0 radical (unpaired) electrons. The number of carbonyl (C=O) groups is 1. The highest BCUT2D eigenvalue weighted by molar-refractivity contribution is 7.99. The number of anilines is 1. The van der Waals surface area contributed by atoms with E-state index < -0.39 is 0 Å². The number of benzene rings is 2. The van der Waals surface area contributed by atoms with E-state index in [2.05, 4.69) is 23.5 Å². The van der Waals surface area contributed by atoms with Gasteiger partial charge in [-0.05, 0) is 17.7 Å². The van der Waals surface area contributed by atoms with Crippen molar-refractivity contribution in [2.75, 3.05) is 5.32 Å². The van der Waals surface area contributed by atoms with Crippen LogP contribution in [-0.4, -0.2) is 5.91 Å². The van der Waals surface area contributed by atoms with Crippen LogP contribution < -0.4 is 5.32 Å². The molecule has 2 atom stereocenters. The molecule has 0 bridgehead atoms. The summed E-state index contributed by atoms with van der Waals surface area (Å²) in [4.78, 5) is 13.4. The van der Waals surface area contributed by atoms with Gasteiger partial charge in [-0.3, -0.25) is 4.79 Å². The summed E-state index contributed by atoms with van der Waals surface area (Å²) in [6.45, 7) is 1.99. The molecule has 1 N–H and O–H groups in total. The normalized spacial score (nSPS) is 22.3. The number of fused-ring (bicyclic) bond motifs is 1. The van der Waals surface area contributed by atoms with E-state index in [4.69, 9.17) is 0 Å². The molecule has 19 heavy (non-hydrogen) atoms. The van der Waals surface area contributed by atoms with Crippen molar-refractivity contribution in [3.05, 3.63) is 60.2 Å². The zero-order chi connectivity index (χ0) is 13.2. The van der Waals surface area contributed by atoms with E-state index in [9.17, 15) is 4.79 Å². The summed E-state index contributed by atoms with van der Waals surface area (Å²) in [6.07, 6.45) is 0. The predicted octanol–water partition coefficient (Wildman–Crippen LogP) is 4.11. The molecule has 2 nitrogen and oxygen atoms in total. The molecule has 3 heteroatoms. The lowest BCUT2D eigenvalue weighted by Gasteiger charge is -2.19. The van der Waals surface area contributed by atoms with Gasteiger partial charge in [-0.15, -0.1) is 11.8 Å². The monoisotopic (exact) mass is 269 g/mol.